The van der Waals surface area contributed by atoms with Gasteiger partial charge in [-0.05, 0) is 54.2 Å². The summed E-state index contributed by atoms with van der Waals surface area (Å²) >= 11 is 0. The minimum absolute atomic E-state index is 0.112. The lowest BCUT2D eigenvalue weighted by Crippen LogP contribution is -2.12. The van der Waals surface area contributed by atoms with Gasteiger partial charge < -0.3 is 9.84 Å². The molecule has 0 radical (unpaired) electrons. The van der Waals surface area contributed by atoms with Crippen molar-refractivity contribution in [3.05, 3.63) is 29.3 Å². The molecule has 1 aromatic rings. The topological polar surface area (TPSA) is 46.5 Å². The molecule has 0 aliphatic heterocycles. The van der Waals surface area contributed by atoms with Crippen LogP contribution in [-0.4, -0.2) is 17.7 Å². The Balaban J connectivity index is 2.09. The zero-order valence-corrected chi connectivity index (χ0v) is 14.2. The smallest absolute Gasteiger partial charge is 0.306 e. The van der Waals surface area contributed by atoms with Gasteiger partial charge in [0, 0.05) is 0 Å². The average Bonchev–Trinajstić information content (AvgIpc) is 3.22. The number of aryl methyl sites for hydroxylation is 1. The highest BCUT2D eigenvalue weighted by atomic mass is 16.5. The number of carboxylic acid groups (broad SMARTS) is 1. The van der Waals surface area contributed by atoms with Crippen molar-refractivity contribution in [1.29, 1.82) is 0 Å². The highest BCUT2D eigenvalue weighted by Gasteiger charge is 2.42. The fourth-order valence-electron chi connectivity index (χ4n) is 2.80. The van der Waals surface area contributed by atoms with Crippen molar-refractivity contribution in [2.75, 3.05) is 6.61 Å². The van der Waals surface area contributed by atoms with E-state index >= 15 is 0 Å². The lowest BCUT2D eigenvalue weighted by atomic mass is 9.85. The summed E-state index contributed by atoms with van der Waals surface area (Å²) in [6.07, 6.45) is 3.66. The van der Waals surface area contributed by atoms with Crippen LogP contribution >= 0.6 is 0 Å². The summed E-state index contributed by atoms with van der Waals surface area (Å²) in [7, 11) is 0. The molecule has 1 N–H and O–H groups in total. The predicted molar refractivity (Wildman–Crippen MR) is 88.5 cm³/mol. The average molecular weight is 304 g/mol. The molecule has 3 heteroatoms. The molecule has 1 aliphatic rings. The van der Waals surface area contributed by atoms with Crippen LogP contribution in [0.15, 0.2) is 18.2 Å². The van der Waals surface area contributed by atoms with Crippen LogP contribution in [0, 0.1) is 11.8 Å². The van der Waals surface area contributed by atoms with Crippen LogP contribution in [0.3, 0.4) is 0 Å². The third-order valence-electron chi connectivity index (χ3n) is 4.41. The minimum atomic E-state index is -0.643. The Morgan fingerprint density at radius 2 is 2.09 bits per heavy atom. The van der Waals surface area contributed by atoms with Crippen molar-refractivity contribution in [3.8, 4) is 5.75 Å². The van der Waals surface area contributed by atoms with Gasteiger partial charge in [0.05, 0.1) is 12.5 Å². The molecule has 0 aromatic heterocycles. The second-order valence-corrected chi connectivity index (χ2v) is 7.40. The van der Waals surface area contributed by atoms with Gasteiger partial charge in [0.15, 0.2) is 0 Å². The summed E-state index contributed by atoms with van der Waals surface area (Å²) in [5, 5.41) is 9.02. The van der Waals surface area contributed by atoms with Gasteiger partial charge in [-0.2, -0.15) is 0 Å². The normalized spacial score (nSPS) is 20.7. The lowest BCUT2D eigenvalue weighted by molar-refractivity contribution is -0.138. The molecule has 2 atom stereocenters. The maximum Gasteiger partial charge on any atom is 0.306 e. The van der Waals surface area contributed by atoms with E-state index in [0.29, 0.717) is 5.92 Å². The quantitative estimate of drug-likeness (QED) is 0.810. The van der Waals surface area contributed by atoms with Gasteiger partial charge in [-0.25, -0.2) is 0 Å². The van der Waals surface area contributed by atoms with Crippen LogP contribution < -0.4 is 4.74 Å². The van der Waals surface area contributed by atoms with E-state index < -0.39 is 5.97 Å². The molecule has 0 spiro atoms. The second-order valence-electron chi connectivity index (χ2n) is 7.40. The first kappa shape index (κ1) is 16.9. The van der Waals surface area contributed by atoms with E-state index in [-0.39, 0.29) is 11.3 Å². The molecule has 0 heterocycles. The molecule has 122 valence electrons. The molecule has 0 saturated heterocycles. The Bertz CT molecular complexity index is 528. The van der Waals surface area contributed by atoms with Crippen LogP contribution in [0.4, 0.5) is 0 Å². The van der Waals surface area contributed by atoms with E-state index in [0.717, 1.165) is 38.0 Å². The van der Waals surface area contributed by atoms with Gasteiger partial charge in [0.25, 0.3) is 0 Å². The van der Waals surface area contributed by atoms with Crippen LogP contribution in [-0.2, 0) is 16.6 Å². The number of ether oxygens (including phenoxy) is 1. The Kier molecular flexibility index (Phi) is 5.15. The highest BCUT2D eigenvalue weighted by Crippen LogP contribution is 2.42. The number of hydrogen-bond donors (Lipinski definition) is 1. The molecule has 1 fully saturated rings. The van der Waals surface area contributed by atoms with Crippen LogP contribution in [0.5, 0.6) is 5.75 Å². The molecular weight excluding hydrogens is 276 g/mol. The summed E-state index contributed by atoms with van der Waals surface area (Å²) in [5.41, 5.74) is 2.63. The SMILES string of the molecule is CCCOc1ccc(C(C)(C)C)cc1CCC1CC1C(=O)O. The summed E-state index contributed by atoms with van der Waals surface area (Å²) in [4.78, 5) is 11.0. The van der Waals surface area contributed by atoms with E-state index in [1.54, 1.807) is 0 Å². The van der Waals surface area contributed by atoms with Gasteiger partial charge in [0.2, 0.25) is 0 Å². The third-order valence-corrected chi connectivity index (χ3v) is 4.41. The molecule has 2 rings (SSSR count). The lowest BCUT2D eigenvalue weighted by Gasteiger charge is -2.21. The van der Waals surface area contributed by atoms with Crippen molar-refractivity contribution in [2.24, 2.45) is 11.8 Å². The molecule has 0 amide bonds. The Morgan fingerprint density at radius 3 is 2.64 bits per heavy atom. The Morgan fingerprint density at radius 1 is 1.36 bits per heavy atom. The molecular formula is C19H28O3. The Labute approximate surface area is 133 Å². The third kappa shape index (κ3) is 4.25. The molecule has 1 aliphatic carbocycles. The monoisotopic (exact) mass is 304 g/mol. The Hall–Kier alpha value is -1.51. The fourth-order valence-corrected chi connectivity index (χ4v) is 2.80. The van der Waals surface area contributed by atoms with E-state index in [9.17, 15) is 4.79 Å². The van der Waals surface area contributed by atoms with Crippen molar-refractivity contribution in [3.63, 3.8) is 0 Å². The summed E-state index contributed by atoms with van der Waals surface area (Å²) < 4.78 is 5.86. The molecule has 0 bridgehead atoms. The van der Waals surface area contributed by atoms with E-state index in [4.69, 9.17) is 9.84 Å². The molecule has 3 nitrogen and oxygen atoms in total. The molecule has 2 unspecified atom stereocenters. The van der Waals surface area contributed by atoms with Crippen molar-refractivity contribution >= 4 is 5.97 Å². The summed E-state index contributed by atoms with van der Waals surface area (Å²) in [6.45, 7) is 9.45. The number of carbonyl (C=O) groups is 1. The number of rotatable bonds is 7. The van der Waals surface area contributed by atoms with Gasteiger partial charge in [0.1, 0.15) is 5.75 Å². The summed E-state index contributed by atoms with van der Waals surface area (Å²) in [5.74, 6) is 0.541. The van der Waals surface area contributed by atoms with E-state index in [1.807, 2.05) is 0 Å². The number of carboxylic acids is 1. The summed E-state index contributed by atoms with van der Waals surface area (Å²) in [6, 6.07) is 6.46. The van der Waals surface area contributed by atoms with E-state index in [2.05, 4.69) is 45.9 Å². The maximum atomic E-state index is 11.0. The highest BCUT2D eigenvalue weighted by molar-refractivity contribution is 5.73. The first-order chi connectivity index (χ1) is 10.3. The first-order valence-corrected chi connectivity index (χ1v) is 8.32. The molecule has 1 aromatic carbocycles. The first-order valence-electron chi connectivity index (χ1n) is 8.32. The predicted octanol–water partition coefficient (Wildman–Crippen LogP) is 4.43. The van der Waals surface area contributed by atoms with Crippen molar-refractivity contribution in [1.82, 2.24) is 0 Å². The zero-order chi connectivity index (χ0) is 16.3. The largest absolute Gasteiger partial charge is 0.493 e. The second kappa shape index (κ2) is 6.72. The molecule has 22 heavy (non-hydrogen) atoms. The van der Waals surface area contributed by atoms with Crippen molar-refractivity contribution < 1.29 is 14.6 Å². The standard InChI is InChI=1S/C19H28O3/c1-5-10-22-17-9-8-15(19(2,3)4)11-14(17)7-6-13-12-16(13)18(20)21/h8-9,11,13,16H,5-7,10,12H2,1-4H3,(H,20,21). The van der Waals surface area contributed by atoms with Gasteiger partial charge in [-0.15, -0.1) is 0 Å². The van der Waals surface area contributed by atoms with Crippen molar-refractivity contribution in [2.45, 2.75) is 58.8 Å². The van der Waals surface area contributed by atoms with Crippen LogP contribution in [0.25, 0.3) is 0 Å². The number of benzene rings is 1. The zero-order valence-electron chi connectivity index (χ0n) is 14.2. The fraction of sp³-hybridized carbons (Fsp3) is 0.632. The minimum Gasteiger partial charge on any atom is -0.493 e. The molecule has 1 saturated carbocycles. The van der Waals surface area contributed by atoms with Gasteiger partial charge >= 0.3 is 5.97 Å². The maximum absolute atomic E-state index is 11.0. The number of hydrogen-bond acceptors (Lipinski definition) is 2. The van der Waals surface area contributed by atoms with Gasteiger partial charge in [-0.1, -0.05) is 39.8 Å². The number of aliphatic carboxylic acids is 1. The van der Waals surface area contributed by atoms with E-state index in [1.165, 1.54) is 11.1 Å². The van der Waals surface area contributed by atoms with Crippen LogP contribution in [0.2, 0.25) is 0 Å². The van der Waals surface area contributed by atoms with Gasteiger partial charge in [-0.3, -0.25) is 4.79 Å². The van der Waals surface area contributed by atoms with Crippen LogP contribution in [0.1, 0.15) is 58.1 Å².